The van der Waals surface area contributed by atoms with Crippen LogP contribution in [0.15, 0.2) is 40.6 Å². The maximum atomic E-state index is 12.9. The minimum absolute atomic E-state index is 0.185. The van der Waals surface area contributed by atoms with E-state index in [4.69, 9.17) is 30.5 Å². The number of nitrogens with zero attached hydrogens (tertiary/aromatic N) is 2. The van der Waals surface area contributed by atoms with Gasteiger partial charge < -0.3 is 24.3 Å². The van der Waals surface area contributed by atoms with Gasteiger partial charge in [-0.3, -0.25) is 9.59 Å². The number of hydrogen-bond donors (Lipinski definition) is 1. The smallest absolute Gasteiger partial charge is 0.258 e. The van der Waals surface area contributed by atoms with Gasteiger partial charge in [0.25, 0.3) is 5.91 Å². The van der Waals surface area contributed by atoms with Crippen molar-refractivity contribution in [1.29, 1.82) is 0 Å². The van der Waals surface area contributed by atoms with E-state index in [1.807, 2.05) is 6.92 Å². The van der Waals surface area contributed by atoms with Crippen molar-refractivity contribution >= 4 is 34.7 Å². The molecule has 0 bridgehead atoms. The number of benzene rings is 2. The highest BCUT2D eigenvalue weighted by Gasteiger charge is 2.26. The number of para-hydroxylation sites is 1. The van der Waals surface area contributed by atoms with Crippen LogP contribution in [0.1, 0.15) is 20.8 Å². The molecule has 0 spiro atoms. The third-order valence-corrected chi connectivity index (χ3v) is 4.52. The first-order valence-corrected chi connectivity index (χ1v) is 10.3. The molecule has 1 amide bonds. The number of Topliss-reactive ketones (excluding diaryl/α,β-unsaturated/α-hetero) is 1. The van der Waals surface area contributed by atoms with E-state index in [9.17, 15) is 9.59 Å². The summed E-state index contributed by atoms with van der Waals surface area (Å²) >= 11 is 6.29. The predicted octanol–water partition coefficient (Wildman–Crippen LogP) is 4.83. The lowest BCUT2D eigenvalue weighted by Gasteiger charge is -2.18. The number of amides is 1. The Labute approximate surface area is 191 Å². The van der Waals surface area contributed by atoms with Crippen molar-refractivity contribution < 1.29 is 28.5 Å². The zero-order chi connectivity index (χ0) is 23.7. The van der Waals surface area contributed by atoms with Crippen LogP contribution >= 0.6 is 11.6 Å². The molecule has 0 aliphatic heterocycles. The van der Waals surface area contributed by atoms with Gasteiger partial charge in [0.05, 0.1) is 32.5 Å². The van der Waals surface area contributed by atoms with Gasteiger partial charge in [-0.1, -0.05) is 17.7 Å². The Hall–Kier alpha value is -3.33. The van der Waals surface area contributed by atoms with Crippen molar-refractivity contribution in [3.63, 3.8) is 0 Å². The molecule has 0 saturated carbocycles. The molecule has 0 aliphatic rings. The van der Waals surface area contributed by atoms with Crippen LogP contribution in [-0.2, 0) is 9.59 Å². The summed E-state index contributed by atoms with van der Waals surface area (Å²) in [7, 11) is 2.94. The SMILES string of the molecule is CCOc1ccc(Cl)c(NC(=O)C(N=Nc2cccc(OC)c2OC)C(C)=O)c1OCC. The molecule has 1 atom stereocenters. The van der Waals surface area contributed by atoms with E-state index in [0.29, 0.717) is 36.1 Å². The van der Waals surface area contributed by atoms with E-state index in [-0.39, 0.29) is 16.5 Å². The Kier molecular flexibility index (Phi) is 9.27. The lowest BCUT2D eigenvalue weighted by Crippen LogP contribution is -2.32. The number of carbonyl (C=O) groups excluding carboxylic acids is 2. The summed E-state index contributed by atoms with van der Waals surface area (Å²) in [5, 5.41) is 10.8. The van der Waals surface area contributed by atoms with Crippen LogP contribution < -0.4 is 24.3 Å². The first-order chi connectivity index (χ1) is 15.4. The minimum atomic E-state index is -1.42. The predicted molar refractivity (Wildman–Crippen MR) is 121 cm³/mol. The largest absolute Gasteiger partial charge is 0.493 e. The number of nitrogens with one attached hydrogen (secondary N) is 1. The number of hydrogen-bond acceptors (Lipinski definition) is 8. The fourth-order valence-electron chi connectivity index (χ4n) is 2.79. The number of methoxy groups -OCH3 is 2. The zero-order valence-corrected chi connectivity index (χ0v) is 19.4. The summed E-state index contributed by atoms with van der Waals surface area (Å²) in [6.07, 6.45) is 0. The van der Waals surface area contributed by atoms with Crippen LogP contribution in [0.25, 0.3) is 0 Å². The number of carbonyl (C=O) groups is 2. The molecule has 10 heteroatoms. The van der Waals surface area contributed by atoms with Crippen molar-refractivity contribution in [3.8, 4) is 23.0 Å². The molecule has 32 heavy (non-hydrogen) atoms. The van der Waals surface area contributed by atoms with Crippen molar-refractivity contribution in [2.45, 2.75) is 26.8 Å². The number of ketones is 1. The highest BCUT2D eigenvalue weighted by Crippen LogP contribution is 2.41. The summed E-state index contributed by atoms with van der Waals surface area (Å²) in [4.78, 5) is 25.1. The second-order valence-corrected chi connectivity index (χ2v) is 6.75. The molecule has 2 aromatic carbocycles. The lowest BCUT2D eigenvalue weighted by molar-refractivity contribution is -0.126. The van der Waals surface area contributed by atoms with E-state index in [2.05, 4.69) is 15.5 Å². The van der Waals surface area contributed by atoms with Gasteiger partial charge in [0, 0.05) is 0 Å². The molecule has 0 heterocycles. The Morgan fingerprint density at radius 2 is 1.72 bits per heavy atom. The number of ether oxygens (including phenoxy) is 4. The Bertz CT molecular complexity index is 996. The minimum Gasteiger partial charge on any atom is -0.493 e. The Balaban J connectivity index is 2.38. The monoisotopic (exact) mass is 463 g/mol. The standard InChI is InChI=1S/C22H26ClN3O6/c1-6-31-17-12-11-14(23)19(21(17)32-7-2)24-22(28)18(13(3)27)26-25-15-9-8-10-16(29-4)20(15)30-5/h8-12,18H,6-7H2,1-5H3,(H,24,28). The van der Waals surface area contributed by atoms with E-state index in [1.165, 1.54) is 21.1 Å². The fourth-order valence-corrected chi connectivity index (χ4v) is 2.99. The average molecular weight is 464 g/mol. The average Bonchev–Trinajstić information content (AvgIpc) is 2.77. The second-order valence-electron chi connectivity index (χ2n) is 6.35. The van der Waals surface area contributed by atoms with Gasteiger partial charge in [0.1, 0.15) is 11.4 Å². The summed E-state index contributed by atoms with van der Waals surface area (Å²) in [5.74, 6) is 0.212. The summed E-state index contributed by atoms with van der Waals surface area (Å²) in [6.45, 7) is 5.56. The Morgan fingerprint density at radius 3 is 2.31 bits per heavy atom. The summed E-state index contributed by atoms with van der Waals surface area (Å²) in [6, 6.07) is 6.78. The molecular weight excluding hydrogens is 438 g/mol. The van der Waals surface area contributed by atoms with Crippen molar-refractivity contribution in [1.82, 2.24) is 0 Å². The molecule has 172 valence electrons. The first-order valence-electron chi connectivity index (χ1n) is 9.89. The van der Waals surface area contributed by atoms with Crippen LogP contribution in [0, 0.1) is 0 Å². The molecule has 0 aliphatic carbocycles. The number of anilines is 1. The van der Waals surface area contributed by atoms with Gasteiger partial charge in [-0.15, -0.1) is 0 Å². The van der Waals surface area contributed by atoms with Crippen LogP contribution in [0.2, 0.25) is 5.02 Å². The zero-order valence-electron chi connectivity index (χ0n) is 18.6. The van der Waals surface area contributed by atoms with E-state index < -0.39 is 17.7 Å². The molecule has 9 nitrogen and oxygen atoms in total. The quantitative estimate of drug-likeness (QED) is 0.377. The van der Waals surface area contributed by atoms with Crippen LogP contribution in [0.5, 0.6) is 23.0 Å². The summed E-state index contributed by atoms with van der Waals surface area (Å²) < 4.78 is 21.7. The van der Waals surface area contributed by atoms with Gasteiger partial charge >= 0.3 is 0 Å². The first kappa shape index (κ1) is 24.9. The van der Waals surface area contributed by atoms with Crippen LogP contribution in [0.3, 0.4) is 0 Å². The number of halogens is 1. The summed E-state index contributed by atoms with van der Waals surface area (Å²) in [5.41, 5.74) is 0.488. The van der Waals surface area contributed by atoms with E-state index in [0.717, 1.165) is 0 Å². The number of azo groups is 1. The third kappa shape index (κ3) is 5.88. The van der Waals surface area contributed by atoms with Gasteiger partial charge in [-0.25, -0.2) is 0 Å². The molecule has 2 rings (SSSR count). The molecule has 0 radical (unpaired) electrons. The number of rotatable bonds is 11. The second kappa shape index (κ2) is 11.9. The normalized spacial score (nSPS) is 11.7. The van der Waals surface area contributed by atoms with E-state index >= 15 is 0 Å². The van der Waals surface area contributed by atoms with Crippen LogP contribution in [0.4, 0.5) is 11.4 Å². The van der Waals surface area contributed by atoms with E-state index in [1.54, 1.807) is 37.3 Å². The third-order valence-electron chi connectivity index (χ3n) is 4.20. The van der Waals surface area contributed by atoms with Crippen molar-refractivity contribution in [2.75, 3.05) is 32.8 Å². The molecular formula is C22H26ClN3O6. The Morgan fingerprint density at radius 1 is 1.00 bits per heavy atom. The molecule has 0 fully saturated rings. The highest BCUT2D eigenvalue weighted by molar-refractivity contribution is 6.34. The maximum Gasteiger partial charge on any atom is 0.258 e. The van der Waals surface area contributed by atoms with Crippen molar-refractivity contribution in [3.05, 3.63) is 35.4 Å². The van der Waals surface area contributed by atoms with Gasteiger partial charge in [-0.2, -0.15) is 10.2 Å². The van der Waals surface area contributed by atoms with Crippen molar-refractivity contribution in [2.24, 2.45) is 10.2 Å². The van der Waals surface area contributed by atoms with Gasteiger partial charge in [-0.05, 0) is 45.0 Å². The lowest BCUT2D eigenvalue weighted by atomic mass is 10.2. The van der Waals surface area contributed by atoms with Crippen LogP contribution in [-0.4, -0.2) is 45.2 Å². The molecule has 1 N–H and O–H groups in total. The van der Waals surface area contributed by atoms with Gasteiger partial charge in [0.15, 0.2) is 28.8 Å². The highest BCUT2D eigenvalue weighted by atomic mass is 35.5. The molecule has 0 saturated heterocycles. The maximum absolute atomic E-state index is 12.9. The topological polar surface area (TPSA) is 108 Å². The fraction of sp³-hybridized carbons (Fsp3) is 0.364. The molecule has 2 aromatic rings. The van der Waals surface area contributed by atoms with Gasteiger partial charge in [0.2, 0.25) is 6.04 Å². The molecule has 0 aromatic heterocycles. The molecule has 1 unspecified atom stereocenters.